The van der Waals surface area contributed by atoms with Gasteiger partial charge in [-0.3, -0.25) is 4.79 Å². The standard InChI is InChI=1S/C21H28N2O3S2/c1-17-8-10-19(11-9-17)14-23(28(3,25)26)15-21(24)22-12-13-27-16-20-7-5-4-6-18(20)2/h4-11H,12-16H2,1-3H3,(H,22,24). The molecule has 28 heavy (non-hydrogen) atoms. The molecule has 2 aromatic rings. The molecule has 0 radical (unpaired) electrons. The highest BCUT2D eigenvalue weighted by Crippen LogP contribution is 2.15. The molecule has 7 heteroatoms. The fourth-order valence-corrected chi connectivity index (χ4v) is 4.29. The molecule has 152 valence electrons. The molecule has 0 atom stereocenters. The molecule has 0 saturated carbocycles. The van der Waals surface area contributed by atoms with Gasteiger partial charge in [0.1, 0.15) is 0 Å². The van der Waals surface area contributed by atoms with Gasteiger partial charge in [-0.1, -0.05) is 54.1 Å². The third-order valence-corrected chi connectivity index (χ3v) is 6.56. The molecule has 1 amide bonds. The van der Waals surface area contributed by atoms with Gasteiger partial charge in [0.15, 0.2) is 0 Å². The fourth-order valence-electron chi connectivity index (χ4n) is 2.62. The number of amides is 1. The number of hydrogen-bond acceptors (Lipinski definition) is 4. The minimum absolute atomic E-state index is 0.171. The third-order valence-electron chi connectivity index (χ3n) is 4.36. The van der Waals surface area contributed by atoms with Crippen LogP contribution in [0.25, 0.3) is 0 Å². The number of rotatable bonds is 10. The van der Waals surface area contributed by atoms with Crippen molar-refractivity contribution in [1.29, 1.82) is 0 Å². The van der Waals surface area contributed by atoms with E-state index in [0.717, 1.165) is 28.9 Å². The topological polar surface area (TPSA) is 66.5 Å². The predicted octanol–water partition coefficient (Wildman–Crippen LogP) is 3.11. The molecule has 0 fully saturated rings. The maximum atomic E-state index is 12.2. The van der Waals surface area contributed by atoms with E-state index in [2.05, 4.69) is 24.4 Å². The Morgan fingerprint density at radius 3 is 2.39 bits per heavy atom. The minimum Gasteiger partial charge on any atom is -0.354 e. The van der Waals surface area contributed by atoms with Gasteiger partial charge in [-0.25, -0.2) is 8.42 Å². The van der Waals surface area contributed by atoms with Crippen molar-refractivity contribution in [2.45, 2.75) is 26.1 Å². The largest absolute Gasteiger partial charge is 0.354 e. The molecule has 1 N–H and O–H groups in total. The van der Waals surface area contributed by atoms with Crippen LogP contribution < -0.4 is 5.32 Å². The second kappa shape index (κ2) is 10.6. The summed E-state index contributed by atoms with van der Waals surface area (Å²) in [6.45, 7) is 4.59. The molecule has 0 spiro atoms. The maximum absolute atomic E-state index is 12.2. The molecule has 0 aromatic heterocycles. The Hall–Kier alpha value is -1.83. The molecule has 2 aromatic carbocycles. The predicted molar refractivity (Wildman–Crippen MR) is 117 cm³/mol. The van der Waals surface area contributed by atoms with E-state index in [9.17, 15) is 13.2 Å². The second-order valence-corrected chi connectivity index (χ2v) is 9.93. The van der Waals surface area contributed by atoms with Crippen LogP contribution in [0.3, 0.4) is 0 Å². The van der Waals surface area contributed by atoms with Crippen LogP contribution in [0.2, 0.25) is 0 Å². The molecular weight excluding hydrogens is 392 g/mol. The van der Waals surface area contributed by atoms with Gasteiger partial charge in [-0.05, 0) is 30.5 Å². The number of nitrogens with one attached hydrogen (secondary N) is 1. The van der Waals surface area contributed by atoms with Crippen LogP contribution in [0, 0.1) is 13.8 Å². The van der Waals surface area contributed by atoms with E-state index in [1.54, 1.807) is 11.8 Å². The zero-order chi connectivity index (χ0) is 20.6. The summed E-state index contributed by atoms with van der Waals surface area (Å²) in [5, 5.41) is 2.82. The number of aryl methyl sites for hydroxylation is 2. The van der Waals surface area contributed by atoms with E-state index in [-0.39, 0.29) is 19.0 Å². The first-order valence-corrected chi connectivity index (χ1v) is 12.2. The molecule has 0 unspecified atom stereocenters. The molecular formula is C21H28N2O3S2. The smallest absolute Gasteiger partial charge is 0.235 e. The Kier molecular flexibility index (Phi) is 8.54. The van der Waals surface area contributed by atoms with Crippen LogP contribution in [0.15, 0.2) is 48.5 Å². The monoisotopic (exact) mass is 420 g/mol. The number of carbonyl (C=O) groups excluding carboxylic acids is 1. The molecule has 0 aliphatic heterocycles. The number of carbonyl (C=O) groups is 1. The van der Waals surface area contributed by atoms with Gasteiger partial charge in [0, 0.05) is 24.6 Å². The first kappa shape index (κ1) is 22.5. The van der Waals surface area contributed by atoms with Crippen molar-refractivity contribution in [3.05, 3.63) is 70.8 Å². The molecule has 0 saturated heterocycles. The van der Waals surface area contributed by atoms with E-state index in [1.807, 2.05) is 43.3 Å². The second-order valence-electron chi connectivity index (χ2n) is 6.85. The molecule has 2 rings (SSSR count). The van der Waals surface area contributed by atoms with Crippen LogP contribution in [-0.2, 0) is 27.1 Å². The van der Waals surface area contributed by atoms with Gasteiger partial charge < -0.3 is 5.32 Å². The first-order valence-electron chi connectivity index (χ1n) is 9.15. The number of nitrogens with zero attached hydrogens (tertiary/aromatic N) is 1. The summed E-state index contributed by atoms with van der Waals surface area (Å²) in [5.74, 6) is 1.39. The van der Waals surface area contributed by atoms with Gasteiger partial charge >= 0.3 is 0 Å². The van der Waals surface area contributed by atoms with Crippen molar-refractivity contribution in [3.8, 4) is 0 Å². The summed E-state index contributed by atoms with van der Waals surface area (Å²) in [6, 6.07) is 15.9. The lowest BCUT2D eigenvalue weighted by atomic mass is 10.1. The number of benzene rings is 2. The Morgan fingerprint density at radius 1 is 1.07 bits per heavy atom. The highest BCUT2D eigenvalue weighted by atomic mass is 32.2. The number of thioether (sulfide) groups is 1. The Bertz CT molecular complexity index is 881. The lowest BCUT2D eigenvalue weighted by Gasteiger charge is -2.19. The SMILES string of the molecule is Cc1ccc(CN(CC(=O)NCCSCc2ccccc2C)S(C)(=O)=O)cc1. The normalized spacial score (nSPS) is 11.6. The summed E-state index contributed by atoms with van der Waals surface area (Å²) in [7, 11) is -3.48. The van der Waals surface area contributed by atoms with Gasteiger partial charge in [-0.15, -0.1) is 0 Å². The van der Waals surface area contributed by atoms with E-state index in [4.69, 9.17) is 0 Å². The summed E-state index contributed by atoms with van der Waals surface area (Å²) in [6.07, 6.45) is 1.13. The van der Waals surface area contributed by atoms with Gasteiger partial charge in [0.05, 0.1) is 12.8 Å². The van der Waals surface area contributed by atoms with Crippen molar-refractivity contribution in [2.75, 3.05) is 25.1 Å². The van der Waals surface area contributed by atoms with E-state index in [0.29, 0.717) is 6.54 Å². The van der Waals surface area contributed by atoms with Crippen LogP contribution in [-0.4, -0.2) is 43.7 Å². The Morgan fingerprint density at radius 2 is 1.75 bits per heavy atom. The highest BCUT2D eigenvalue weighted by Gasteiger charge is 2.20. The third kappa shape index (κ3) is 7.66. The van der Waals surface area contributed by atoms with Crippen molar-refractivity contribution < 1.29 is 13.2 Å². The average molecular weight is 421 g/mol. The van der Waals surface area contributed by atoms with E-state index >= 15 is 0 Å². The van der Waals surface area contributed by atoms with Crippen molar-refractivity contribution in [1.82, 2.24) is 9.62 Å². The number of hydrogen-bond donors (Lipinski definition) is 1. The lowest BCUT2D eigenvalue weighted by molar-refractivity contribution is -0.121. The zero-order valence-electron chi connectivity index (χ0n) is 16.6. The van der Waals surface area contributed by atoms with Gasteiger partial charge in [-0.2, -0.15) is 16.1 Å². The lowest BCUT2D eigenvalue weighted by Crippen LogP contribution is -2.40. The molecule has 5 nitrogen and oxygen atoms in total. The first-order chi connectivity index (χ1) is 13.3. The van der Waals surface area contributed by atoms with Crippen LogP contribution >= 0.6 is 11.8 Å². The highest BCUT2D eigenvalue weighted by molar-refractivity contribution is 7.98. The fraction of sp³-hybridized carbons (Fsp3) is 0.381. The van der Waals surface area contributed by atoms with E-state index in [1.165, 1.54) is 15.4 Å². The van der Waals surface area contributed by atoms with Crippen LogP contribution in [0.1, 0.15) is 22.3 Å². The average Bonchev–Trinajstić information content (AvgIpc) is 2.63. The van der Waals surface area contributed by atoms with Crippen molar-refractivity contribution in [3.63, 3.8) is 0 Å². The van der Waals surface area contributed by atoms with Crippen molar-refractivity contribution >= 4 is 27.7 Å². The van der Waals surface area contributed by atoms with Crippen LogP contribution in [0.4, 0.5) is 0 Å². The summed E-state index contributed by atoms with van der Waals surface area (Å²) >= 11 is 1.74. The summed E-state index contributed by atoms with van der Waals surface area (Å²) in [5.41, 5.74) is 4.52. The van der Waals surface area contributed by atoms with Gasteiger partial charge in [0.25, 0.3) is 0 Å². The molecule has 0 heterocycles. The Balaban J connectivity index is 1.78. The maximum Gasteiger partial charge on any atom is 0.235 e. The summed E-state index contributed by atoms with van der Waals surface area (Å²) < 4.78 is 25.3. The van der Waals surface area contributed by atoms with Crippen molar-refractivity contribution in [2.24, 2.45) is 0 Å². The molecule has 0 aliphatic rings. The van der Waals surface area contributed by atoms with Gasteiger partial charge in [0.2, 0.25) is 15.9 Å². The quantitative estimate of drug-likeness (QED) is 0.600. The summed E-state index contributed by atoms with van der Waals surface area (Å²) in [4.78, 5) is 12.2. The minimum atomic E-state index is -3.48. The Labute approximate surface area is 172 Å². The molecule has 0 bridgehead atoms. The van der Waals surface area contributed by atoms with E-state index < -0.39 is 10.0 Å². The number of sulfonamides is 1. The van der Waals surface area contributed by atoms with Crippen LogP contribution in [0.5, 0.6) is 0 Å². The molecule has 0 aliphatic carbocycles. The zero-order valence-corrected chi connectivity index (χ0v) is 18.3.